The Balaban J connectivity index is 1.38. The molecule has 4 rings (SSSR count). The molecule has 0 unspecified atom stereocenters. The molecule has 1 aliphatic heterocycles. The molecule has 23 heavy (non-hydrogen) atoms. The average Bonchev–Trinajstić information content (AvgIpc) is 3.21. The molecule has 0 radical (unpaired) electrons. The Kier molecular flexibility index (Phi) is 3.49. The second kappa shape index (κ2) is 5.79. The number of nitrogens with zero attached hydrogens (tertiary/aromatic N) is 7. The first-order valence-corrected chi connectivity index (χ1v) is 7.75. The van der Waals surface area contributed by atoms with Crippen molar-refractivity contribution >= 4 is 17.3 Å². The summed E-state index contributed by atoms with van der Waals surface area (Å²) in [7, 11) is 0. The van der Waals surface area contributed by atoms with E-state index in [1.165, 1.54) is 10.2 Å². The van der Waals surface area contributed by atoms with Crippen LogP contribution in [0.15, 0.2) is 30.5 Å². The standard InChI is InChI=1S/C15H18N8/c1-11-4-6-16-13(8-11)17-9-12-5-7-22(10-12)15-3-2-14-18-20-21-23(14)19-15/h2-4,6,8,12H,5,7,9-10H2,1H3,(H,16,17)/t12-/m1/s1. The number of aromatic nitrogens is 6. The van der Waals surface area contributed by atoms with Crippen LogP contribution in [0.25, 0.3) is 5.65 Å². The minimum atomic E-state index is 0.573. The van der Waals surface area contributed by atoms with Gasteiger partial charge >= 0.3 is 0 Å². The zero-order valence-electron chi connectivity index (χ0n) is 12.9. The zero-order chi connectivity index (χ0) is 15.6. The Bertz CT molecular complexity index is 814. The van der Waals surface area contributed by atoms with Gasteiger partial charge in [-0.2, -0.15) is 0 Å². The van der Waals surface area contributed by atoms with Crippen LogP contribution in [0.4, 0.5) is 11.6 Å². The molecule has 3 aromatic rings. The summed E-state index contributed by atoms with van der Waals surface area (Å²) in [5.74, 6) is 2.43. The summed E-state index contributed by atoms with van der Waals surface area (Å²) in [4.78, 5) is 6.62. The summed E-state index contributed by atoms with van der Waals surface area (Å²) in [5, 5.41) is 19.2. The van der Waals surface area contributed by atoms with Crippen LogP contribution in [-0.4, -0.2) is 49.9 Å². The van der Waals surface area contributed by atoms with Crippen molar-refractivity contribution in [3.8, 4) is 0 Å². The van der Waals surface area contributed by atoms with Crippen molar-refractivity contribution in [2.45, 2.75) is 13.3 Å². The number of rotatable bonds is 4. The van der Waals surface area contributed by atoms with Crippen LogP contribution in [-0.2, 0) is 0 Å². The Hall–Kier alpha value is -2.77. The second-order valence-electron chi connectivity index (χ2n) is 5.92. The maximum atomic E-state index is 4.46. The molecule has 0 aliphatic carbocycles. The van der Waals surface area contributed by atoms with E-state index in [-0.39, 0.29) is 0 Å². The fourth-order valence-corrected chi connectivity index (χ4v) is 2.90. The fraction of sp³-hybridized carbons (Fsp3) is 0.400. The predicted molar refractivity (Wildman–Crippen MR) is 86.4 cm³/mol. The molecular weight excluding hydrogens is 292 g/mol. The molecule has 118 valence electrons. The first kappa shape index (κ1) is 13.9. The van der Waals surface area contributed by atoms with Crippen LogP contribution in [0, 0.1) is 12.8 Å². The lowest BCUT2D eigenvalue weighted by atomic mass is 10.1. The Morgan fingerprint density at radius 3 is 3.17 bits per heavy atom. The number of nitrogens with one attached hydrogen (secondary N) is 1. The topological polar surface area (TPSA) is 84.1 Å². The van der Waals surface area contributed by atoms with Gasteiger partial charge in [0.25, 0.3) is 0 Å². The van der Waals surface area contributed by atoms with Gasteiger partial charge in [0.1, 0.15) is 5.82 Å². The van der Waals surface area contributed by atoms with Crippen LogP contribution in [0.3, 0.4) is 0 Å². The van der Waals surface area contributed by atoms with E-state index in [4.69, 9.17) is 0 Å². The Morgan fingerprint density at radius 1 is 1.30 bits per heavy atom. The first-order valence-electron chi connectivity index (χ1n) is 7.75. The molecule has 3 aromatic heterocycles. The molecule has 0 aromatic carbocycles. The van der Waals surface area contributed by atoms with E-state index in [2.05, 4.69) is 48.8 Å². The monoisotopic (exact) mass is 310 g/mol. The van der Waals surface area contributed by atoms with E-state index in [0.29, 0.717) is 11.6 Å². The summed E-state index contributed by atoms with van der Waals surface area (Å²) in [5.41, 5.74) is 1.88. The van der Waals surface area contributed by atoms with Crippen LogP contribution in [0.5, 0.6) is 0 Å². The van der Waals surface area contributed by atoms with Crippen LogP contribution in [0.2, 0.25) is 0 Å². The number of tetrazole rings is 1. The number of fused-ring (bicyclic) bond motifs is 1. The minimum absolute atomic E-state index is 0.573. The third kappa shape index (κ3) is 2.92. The predicted octanol–water partition coefficient (Wildman–Crippen LogP) is 1.16. The van der Waals surface area contributed by atoms with E-state index >= 15 is 0 Å². The molecular formula is C15H18N8. The molecule has 1 N–H and O–H groups in total. The summed E-state index contributed by atoms with van der Waals surface area (Å²) < 4.78 is 1.47. The Morgan fingerprint density at radius 2 is 2.26 bits per heavy atom. The number of pyridine rings is 1. The van der Waals surface area contributed by atoms with Crippen molar-refractivity contribution < 1.29 is 0 Å². The highest BCUT2D eigenvalue weighted by atomic mass is 15.6. The van der Waals surface area contributed by atoms with Crippen molar-refractivity contribution in [1.82, 2.24) is 30.2 Å². The van der Waals surface area contributed by atoms with Gasteiger partial charge in [0.2, 0.25) is 0 Å². The van der Waals surface area contributed by atoms with Crippen molar-refractivity contribution in [1.29, 1.82) is 0 Å². The molecule has 1 fully saturated rings. The minimum Gasteiger partial charge on any atom is -0.370 e. The van der Waals surface area contributed by atoms with Crippen molar-refractivity contribution in [2.75, 3.05) is 29.9 Å². The van der Waals surface area contributed by atoms with Gasteiger partial charge in [0.15, 0.2) is 11.5 Å². The molecule has 0 spiro atoms. The fourth-order valence-electron chi connectivity index (χ4n) is 2.90. The van der Waals surface area contributed by atoms with Gasteiger partial charge in [0.05, 0.1) is 0 Å². The van der Waals surface area contributed by atoms with Gasteiger partial charge in [0, 0.05) is 25.8 Å². The summed E-state index contributed by atoms with van der Waals surface area (Å²) in [6.07, 6.45) is 2.97. The van der Waals surface area contributed by atoms with Gasteiger partial charge in [-0.05, 0) is 59.5 Å². The maximum absolute atomic E-state index is 4.46. The molecule has 8 nitrogen and oxygen atoms in total. The molecule has 1 saturated heterocycles. The number of anilines is 2. The number of hydrogen-bond donors (Lipinski definition) is 1. The van der Waals surface area contributed by atoms with E-state index in [1.807, 2.05) is 24.4 Å². The molecule has 0 saturated carbocycles. The summed E-state index contributed by atoms with van der Waals surface area (Å²) in [6.45, 7) is 4.96. The first-order chi connectivity index (χ1) is 11.3. The summed E-state index contributed by atoms with van der Waals surface area (Å²) >= 11 is 0. The Labute approximate surface area is 133 Å². The molecule has 1 aliphatic rings. The van der Waals surface area contributed by atoms with Crippen LogP contribution < -0.4 is 10.2 Å². The zero-order valence-corrected chi connectivity index (χ0v) is 12.9. The highest BCUT2D eigenvalue weighted by molar-refractivity contribution is 5.45. The highest BCUT2D eigenvalue weighted by Crippen LogP contribution is 2.22. The smallest absolute Gasteiger partial charge is 0.200 e. The second-order valence-corrected chi connectivity index (χ2v) is 5.92. The molecule has 0 amide bonds. The number of hydrogen-bond acceptors (Lipinski definition) is 7. The lowest BCUT2D eigenvalue weighted by Crippen LogP contribution is -2.24. The SMILES string of the molecule is Cc1ccnc(NC[C@H]2CCN(c3ccc4nnnn4n3)C2)c1. The lowest BCUT2D eigenvalue weighted by Gasteiger charge is -2.17. The largest absolute Gasteiger partial charge is 0.370 e. The average molecular weight is 310 g/mol. The molecule has 1 atom stereocenters. The van der Waals surface area contributed by atoms with E-state index in [1.54, 1.807) is 0 Å². The van der Waals surface area contributed by atoms with Gasteiger partial charge < -0.3 is 10.2 Å². The van der Waals surface area contributed by atoms with Crippen LogP contribution in [0.1, 0.15) is 12.0 Å². The van der Waals surface area contributed by atoms with Crippen molar-refractivity contribution in [2.24, 2.45) is 5.92 Å². The van der Waals surface area contributed by atoms with Crippen molar-refractivity contribution in [3.63, 3.8) is 0 Å². The quantitative estimate of drug-likeness (QED) is 0.774. The molecule has 4 heterocycles. The normalized spacial score (nSPS) is 17.8. The molecule has 0 bridgehead atoms. The van der Waals surface area contributed by atoms with E-state index in [0.717, 1.165) is 37.7 Å². The molecule has 8 heteroatoms. The van der Waals surface area contributed by atoms with E-state index < -0.39 is 0 Å². The van der Waals surface area contributed by atoms with Crippen molar-refractivity contribution in [3.05, 3.63) is 36.0 Å². The van der Waals surface area contributed by atoms with E-state index in [9.17, 15) is 0 Å². The van der Waals surface area contributed by atoms with Crippen LogP contribution >= 0.6 is 0 Å². The highest BCUT2D eigenvalue weighted by Gasteiger charge is 2.24. The lowest BCUT2D eigenvalue weighted by molar-refractivity contribution is 0.619. The summed E-state index contributed by atoms with van der Waals surface area (Å²) in [6, 6.07) is 7.94. The maximum Gasteiger partial charge on any atom is 0.200 e. The third-order valence-electron chi connectivity index (χ3n) is 4.15. The number of aryl methyl sites for hydroxylation is 1. The van der Waals surface area contributed by atoms with Gasteiger partial charge in [-0.25, -0.2) is 4.98 Å². The third-order valence-corrected chi connectivity index (χ3v) is 4.15. The van der Waals surface area contributed by atoms with Gasteiger partial charge in [-0.1, -0.05) is 0 Å². The van der Waals surface area contributed by atoms with Gasteiger partial charge in [-0.3, -0.25) is 0 Å². The van der Waals surface area contributed by atoms with Gasteiger partial charge in [-0.15, -0.1) is 14.8 Å².